The van der Waals surface area contributed by atoms with Gasteiger partial charge in [-0.15, -0.1) is 0 Å². The summed E-state index contributed by atoms with van der Waals surface area (Å²) in [5.74, 6) is 0. The van der Waals surface area contributed by atoms with Gasteiger partial charge < -0.3 is 14.7 Å². The van der Waals surface area contributed by atoms with E-state index in [-0.39, 0.29) is 6.10 Å². The van der Waals surface area contributed by atoms with Crippen LogP contribution < -0.4 is 0 Å². The van der Waals surface area contributed by atoms with Gasteiger partial charge in [-0.1, -0.05) is 24.3 Å². The van der Waals surface area contributed by atoms with E-state index in [0.29, 0.717) is 19.8 Å². The van der Waals surface area contributed by atoms with Crippen molar-refractivity contribution in [2.45, 2.75) is 25.9 Å². The fourth-order valence-corrected chi connectivity index (χ4v) is 2.50. The van der Waals surface area contributed by atoms with Gasteiger partial charge in [-0.2, -0.15) is 0 Å². The number of hydrogen-bond acceptors (Lipinski definition) is 3. The second kappa shape index (κ2) is 6.88. The Labute approximate surface area is 109 Å². The fraction of sp³-hybridized carbons (Fsp3) is 0.600. The first-order valence-corrected chi connectivity index (χ1v) is 6.84. The highest BCUT2D eigenvalue weighted by Gasteiger charge is 2.16. The van der Waals surface area contributed by atoms with Gasteiger partial charge in [0.05, 0.1) is 12.7 Å². The van der Waals surface area contributed by atoms with Crippen LogP contribution in [0.4, 0.5) is 0 Å². The summed E-state index contributed by atoms with van der Waals surface area (Å²) in [5, 5.41) is 9.87. The van der Waals surface area contributed by atoms with Crippen LogP contribution >= 0.6 is 0 Å². The number of aliphatic hydroxyl groups excluding tert-OH is 1. The van der Waals surface area contributed by atoms with Gasteiger partial charge in [0.2, 0.25) is 0 Å². The zero-order valence-electron chi connectivity index (χ0n) is 11.1. The van der Waals surface area contributed by atoms with Crippen LogP contribution in [0.2, 0.25) is 0 Å². The summed E-state index contributed by atoms with van der Waals surface area (Å²) in [6.07, 6.45) is 1.79. The molecule has 1 N–H and O–H groups in total. The summed E-state index contributed by atoms with van der Waals surface area (Å²) in [4.78, 5) is 2.34. The predicted molar refractivity (Wildman–Crippen MR) is 72.8 cm³/mol. The first kappa shape index (κ1) is 13.5. The van der Waals surface area contributed by atoms with E-state index in [1.54, 1.807) is 0 Å². The van der Waals surface area contributed by atoms with Crippen molar-refractivity contribution in [1.82, 2.24) is 4.90 Å². The third-order valence-corrected chi connectivity index (χ3v) is 3.50. The zero-order chi connectivity index (χ0) is 12.8. The average molecular weight is 249 g/mol. The van der Waals surface area contributed by atoms with Crippen LogP contribution in [0, 0.1) is 0 Å². The van der Waals surface area contributed by atoms with Crippen molar-refractivity contribution in [1.29, 1.82) is 0 Å². The maximum absolute atomic E-state index is 9.87. The first-order valence-electron chi connectivity index (χ1n) is 6.84. The van der Waals surface area contributed by atoms with Gasteiger partial charge in [0, 0.05) is 26.2 Å². The lowest BCUT2D eigenvalue weighted by molar-refractivity contribution is 0.0219. The third-order valence-electron chi connectivity index (χ3n) is 3.50. The van der Waals surface area contributed by atoms with Crippen LogP contribution in [0.25, 0.3) is 0 Å². The molecule has 0 amide bonds. The standard InChI is InChI=1S/C15H23NO2/c1-2-18-12-15(17)11-16-9-7-13-5-3-4-6-14(13)8-10-16/h3-6,15,17H,2,7-12H2,1H3. The minimum Gasteiger partial charge on any atom is -0.389 e. The lowest BCUT2D eigenvalue weighted by Gasteiger charge is -2.22. The van der Waals surface area contributed by atoms with Gasteiger partial charge >= 0.3 is 0 Å². The van der Waals surface area contributed by atoms with Crippen molar-refractivity contribution in [3.8, 4) is 0 Å². The molecule has 0 aromatic heterocycles. The number of nitrogens with zero attached hydrogens (tertiary/aromatic N) is 1. The molecule has 1 aliphatic heterocycles. The third kappa shape index (κ3) is 3.80. The molecule has 0 aliphatic carbocycles. The Morgan fingerprint density at radius 1 is 1.22 bits per heavy atom. The number of ether oxygens (including phenoxy) is 1. The van der Waals surface area contributed by atoms with E-state index in [1.807, 2.05) is 6.92 Å². The molecule has 2 rings (SSSR count). The van der Waals surface area contributed by atoms with Crippen molar-refractivity contribution >= 4 is 0 Å². The van der Waals surface area contributed by atoms with Crippen LogP contribution in [-0.4, -0.2) is 49.0 Å². The topological polar surface area (TPSA) is 32.7 Å². The summed E-state index contributed by atoms with van der Waals surface area (Å²) < 4.78 is 5.25. The van der Waals surface area contributed by atoms with Crippen molar-refractivity contribution in [2.75, 3.05) is 32.8 Å². The molecule has 1 aromatic carbocycles. The average Bonchev–Trinajstić information content (AvgIpc) is 2.59. The molecular weight excluding hydrogens is 226 g/mol. The van der Waals surface area contributed by atoms with Gasteiger partial charge in [0.1, 0.15) is 0 Å². The van der Waals surface area contributed by atoms with E-state index in [1.165, 1.54) is 11.1 Å². The number of fused-ring (bicyclic) bond motifs is 1. The number of rotatable bonds is 5. The lowest BCUT2D eigenvalue weighted by atomic mass is 10.0. The molecule has 3 nitrogen and oxygen atoms in total. The van der Waals surface area contributed by atoms with Crippen LogP contribution in [-0.2, 0) is 17.6 Å². The van der Waals surface area contributed by atoms with Crippen molar-refractivity contribution in [3.05, 3.63) is 35.4 Å². The summed E-state index contributed by atoms with van der Waals surface area (Å²) in [7, 11) is 0. The Morgan fingerprint density at radius 2 is 1.83 bits per heavy atom. The lowest BCUT2D eigenvalue weighted by Crippen LogP contribution is -2.36. The molecule has 0 bridgehead atoms. The normalized spacial score (nSPS) is 18.1. The van der Waals surface area contributed by atoms with Gasteiger partial charge in [0.15, 0.2) is 0 Å². The Balaban J connectivity index is 1.84. The maximum atomic E-state index is 9.87. The van der Waals surface area contributed by atoms with Crippen molar-refractivity contribution in [2.24, 2.45) is 0 Å². The van der Waals surface area contributed by atoms with E-state index in [2.05, 4.69) is 29.2 Å². The highest BCUT2D eigenvalue weighted by molar-refractivity contribution is 5.28. The molecule has 1 aliphatic rings. The van der Waals surface area contributed by atoms with Crippen molar-refractivity contribution in [3.63, 3.8) is 0 Å². The molecule has 1 aromatic rings. The van der Waals surface area contributed by atoms with Gasteiger partial charge in [0.25, 0.3) is 0 Å². The van der Waals surface area contributed by atoms with E-state index in [4.69, 9.17) is 4.74 Å². The molecule has 0 saturated heterocycles. The summed E-state index contributed by atoms with van der Waals surface area (Å²) in [5.41, 5.74) is 2.92. The molecule has 0 saturated carbocycles. The largest absolute Gasteiger partial charge is 0.389 e. The number of hydrogen-bond donors (Lipinski definition) is 1. The Bertz CT molecular complexity index is 340. The van der Waals surface area contributed by atoms with Crippen LogP contribution in [0.5, 0.6) is 0 Å². The maximum Gasteiger partial charge on any atom is 0.0900 e. The van der Waals surface area contributed by atoms with E-state index >= 15 is 0 Å². The van der Waals surface area contributed by atoms with Crippen molar-refractivity contribution < 1.29 is 9.84 Å². The molecule has 0 spiro atoms. The molecule has 0 radical (unpaired) electrons. The molecule has 0 fully saturated rings. The van der Waals surface area contributed by atoms with Crippen LogP contribution in [0.15, 0.2) is 24.3 Å². The van der Waals surface area contributed by atoms with Gasteiger partial charge in [-0.05, 0) is 30.9 Å². The van der Waals surface area contributed by atoms with Crippen LogP contribution in [0.3, 0.4) is 0 Å². The molecule has 3 heteroatoms. The number of benzene rings is 1. The monoisotopic (exact) mass is 249 g/mol. The Hall–Kier alpha value is -0.900. The smallest absolute Gasteiger partial charge is 0.0900 e. The second-order valence-corrected chi connectivity index (χ2v) is 4.88. The van der Waals surface area contributed by atoms with E-state index in [9.17, 15) is 5.11 Å². The highest BCUT2D eigenvalue weighted by atomic mass is 16.5. The molecule has 18 heavy (non-hydrogen) atoms. The molecule has 1 unspecified atom stereocenters. The van der Waals surface area contributed by atoms with Crippen LogP contribution in [0.1, 0.15) is 18.1 Å². The summed E-state index contributed by atoms with van der Waals surface area (Å²) in [6, 6.07) is 8.65. The molecular formula is C15H23NO2. The zero-order valence-corrected chi connectivity index (χ0v) is 11.1. The Kier molecular flexibility index (Phi) is 5.17. The minimum atomic E-state index is -0.369. The minimum absolute atomic E-state index is 0.369. The highest BCUT2D eigenvalue weighted by Crippen LogP contribution is 2.15. The van der Waals surface area contributed by atoms with Gasteiger partial charge in [-0.25, -0.2) is 0 Å². The predicted octanol–water partition coefficient (Wildman–Crippen LogP) is 1.48. The quantitative estimate of drug-likeness (QED) is 0.858. The van der Waals surface area contributed by atoms with Gasteiger partial charge in [-0.3, -0.25) is 0 Å². The number of aliphatic hydroxyl groups is 1. The fourth-order valence-electron chi connectivity index (χ4n) is 2.50. The Morgan fingerprint density at radius 3 is 2.39 bits per heavy atom. The summed E-state index contributed by atoms with van der Waals surface area (Å²) >= 11 is 0. The summed E-state index contributed by atoms with van der Waals surface area (Å²) in [6.45, 7) is 5.84. The van der Waals surface area contributed by atoms with E-state index < -0.39 is 0 Å². The number of β-amino-alcohol motifs (C(OH)–C–C–N with tert-alkyl or cyclic N) is 1. The molecule has 1 heterocycles. The van der Waals surface area contributed by atoms with E-state index in [0.717, 1.165) is 25.9 Å². The SMILES string of the molecule is CCOCC(O)CN1CCc2ccccc2CC1. The molecule has 1 atom stereocenters. The molecule has 100 valence electrons. The second-order valence-electron chi connectivity index (χ2n) is 4.88. The first-order chi connectivity index (χ1) is 8.79.